The summed E-state index contributed by atoms with van der Waals surface area (Å²) < 4.78 is 28.3. The van der Waals surface area contributed by atoms with Gasteiger partial charge in [0.05, 0.1) is 0 Å². The molecule has 2 aromatic carbocycles. The number of benzene rings is 2. The monoisotopic (exact) mass is 343 g/mol. The summed E-state index contributed by atoms with van der Waals surface area (Å²) >= 11 is 1.59. The normalized spacial score (nSPS) is 14.1. The summed E-state index contributed by atoms with van der Waals surface area (Å²) in [6, 6.07) is 13.2. The van der Waals surface area contributed by atoms with E-state index in [2.05, 4.69) is 14.8 Å². The first-order valence-electron chi connectivity index (χ1n) is 7.79. The van der Waals surface area contributed by atoms with Crippen molar-refractivity contribution in [1.82, 2.24) is 14.8 Å². The van der Waals surface area contributed by atoms with Crippen LogP contribution in [-0.2, 0) is 5.75 Å². The Hall–Kier alpha value is -2.21. The summed E-state index contributed by atoms with van der Waals surface area (Å²) in [7, 11) is 0. The summed E-state index contributed by atoms with van der Waals surface area (Å²) in [6.07, 6.45) is 2.21. The molecule has 0 spiro atoms. The fraction of sp³-hybridized carbons (Fsp3) is 0.222. The number of rotatable bonds is 5. The molecule has 0 amide bonds. The lowest BCUT2D eigenvalue weighted by Crippen LogP contribution is -2.00. The highest BCUT2D eigenvalue weighted by Crippen LogP contribution is 2.41. The SMILES string of the molecule is Fc1ccc(CSc2nnc(-c3ccc(F)cc3)n2C2CC2)cc1. The number of hydrogen-bond donors (Lipinski definition) is 0. The van der Waals surface area contributed by atoms with E-state index in [0.29, 0.717) is 11.8 Å². The number of halogens is 2. The molecule has 1 aromatic heterocycles. The summed E-state index contributed by atoms with van der Waals surface area (Å²) in [5, 5.41) is 9.48. The van der Waals surface area contributed by atoms with E-state index in [-0.39, 0.29) is 11.6 Å². The van der Waals surface area contributed by atoms with Crippen molar-refractivity contribution in [3.63, 3.8) is 0 Å². The molecule has 1 heterocycles. The van der Waals surface area contributed by atoms with Crippen molar-refractivity contribution < 1.29 is 8.78 Å². The van der Waals surface area contributed by atoms with E-state index in [1.54, 1.807) is 36.0 Å². The quantitative estimate of drug-likeness (QED) is 0.621. The molecule has 4 rings (SSSR count). The Morgan fingerprint density at radius 2 is 1.54 bits per heavy atom. The van der Waals surface area contributed by atoms with Crippen LogP contribution in [-0.4, -0.2) is 14.8 Å². The number of hydrogen-bond acceptors (Lipinski definition) is 3. The van der Waals surface area contributed by atoms with Gasteiger partial charge in [-0.25, -0.2) is 8.78 Å². The van der Waals surface area contributed by atoms with Gasteiger partial charge in [-0.1, -0.05) is 23.9 Å². The maximum atomic E-state index is 13.1. The maximum Gasteiger partial charge on any atom is 0.192 e. The molecule has 0 saturated heterocycles. The van der Waals surface area contributed by atoms with E-state index in [1.807, 2.05) is 0 Å². The Morgan fingerprint density at radius 3 is 2.17 bits per heavy atom. The molecule has 1 saturated carbocycles. The second-order valence-electron chi connectivity index (χ2n) is 5.83. The largest absolute Gasteiger partial charge is 0.299 e. The summed E-state index contributed by atoms with van der Waals surface area (Å²) in [5.41, 5.74) is 1.90. The van der Waals surface area contributed by atoms with Crippen LogP contribution >= 0.6 is 11.8 Å². The van der Waals surface area contributed by atoms with Gasteiger partial charge in [-0.2, -0.15) is 0 Å². The molecule has 6 heteroatoms. The predicted octanol–water partition coefficient (Wildman–Crippen LogP) is 4.85. The van der Waals surface area contributed by atoms with Crippen LogP contribution in [0.1, 0.15) is 24.4 Å². The first kappa shape index (κ1) is 15.3. The van der Waals surface area contributed by atoms with Crippen LogP contribution in [0.2, 0.25) is 0 Å². The number of aromatic nitrogens is 3. The van der Waals surface area contributed by atoms with Gasteiger partial charge in [0, 0.05) is 17.4 Å². The molecule has 0 atom stereocenters. The van der Waals surface area contributed by atoms with Crippen LogP contribution in [0, 0.1) is 11.6 Å². The molecule has 0 bridgehead atoms. The van der Waals surface area contributed by atoms with E-state index in [4.69, 9.17) is 0 Å². The van der Waals surface area contributed by atoms with Crippen molar-refractivity contribution >= 4 is 11.8 Å². The Balaban J connectivity index is 1.59. The van der Waals surface area contributed by atoms with Crippen LogP contribution in [0.3, 0.4) is 0 Å². The van der Waals surface area contributed by atoms with Gasteiger partial charge in [0.2, 0.25) is 0 Å². The zero-order valence-corrected chi connectivity index (χ0v) is 13.6. The molecular weight excluding hydrogens is 328 g/mol. The average molecular weight is 343 g/mol. The Kier molecular flexibility index (Phi) is 4.06. The summed E-state index contributed by atoms with van der Waals surface area (Å²) in [5.74, 6) is 0.985. The van der Waals surface area contributed by atoms with Gasteiger partial charge in [0.15, 0.2) is 11.0 Å². The number of thioether (sulfide) groups is 1. The third-order valence-electron chi connectivity index (χ3n) is 3.96. The lowest BCUT2D eigenvalue weighted by molar-refractivity contribution is 0.627. The zero-order chi connectivity index (χ0) is 16.5. The van der Waals surface area contributed by atoms with Crippen molar-refractivity contribution in [2.75, 3.05) is 0 Å². The fourth-order valence-corrected chi connectivity index (χ4v) is 3.52. The van der Waals surface area contributed by atoms with Crippen molar-refractivity contribution in [3.05, 3.63) is 65.7 Å². The second kappa shape index (κ2) is 6.36. The van der Waals surface area contributed by atoms with Crippen LogP contribution < -0.4 is 0 Å². The van der Waals surface area contributed by atoms with E-state index >= 15 is 0 Å². The molecule has 1 aliphatic carbocycles. The Bertz CT molecular complexity index is 840. The molecule has 3 nitrogen and oxygen atoms in total. The maximum absolute atomic E-state index is 13.1. The van der Waals surface area contributed by atoms with Crippen molar-refractivity contribution in [3.8, 4) is 11.4 Å². The van der Waals surface area contributed by atoms with Crippen LogP contribution in [0.25, 0.3) is 11.4 Å². The fourth-order valence-electron chi connectivity index (χ4n) is 2.56. The van der Waals surface area contributed by atoms with Crippen LogP contribution in [0.15, 0.2) is 53.7 Å². The third kappa shape index (κ3) is 3.19. The van der Waals surface area contributed by atoms with Gasteiger partial charge in [-0.05, 0) is 54.8 Å². The van der Waals surface area contributed by atoms with E-state index < -0.39 is 0 Å². The molecular formula is C18H15F2N3S. The van der Waals surface area contributed by atoms with Gasteiger partial charge < -0.3 is 0 Å². The highest BCUT2D eigenvalue weighted by atomic mass is 32.2. The minimum Gasteiger partial charge on any atom is -0.299 e. The van der Waals surface area contributed by atoms with Crippen molar-refractivity contribution in [2.45, 2.75) is 29.8 Å². The van der Waals surface area contributed by atoms with Crippen LogP contribution in [0.4, 0.5) is 8.78 Å². The molecule has 1 aliphatic rings. The first-order valence-corrected chi connectivity index (χ1v) is 8.77. The predicted molar refractivity (Wildman–Crippen MR) is 89.6 cm³/mol. The van der Waals surface area contributed by atoms with E-state index in [1.165, 1.54) is 24.3 Å². The standard InChI is InChI=1S/C18H15F2N3S/c19-14-5-1-12(2-6-14)11-24-18-22-21-17(23(18)16-9-10-16)13-3-7-15(20)8-4-13/h1-8,16H,9-11H2. The topological polar surface area (TPSA) is 30.7 Å². The second-order valence-corrected chi connectivity index (χ2v) is 6.77. The highest BCUT2D eigenvalue weighted by Gasteiger charge is 2.30. The third-order valence-corrected chi connectivity index (χ3v) is 4.97. The average Bonchev–Trinajstić information content (AvgIpc) is 3.35. The highest BCUT2D eigenvalue weighted by molar-refractivity contribution is 7.98. The zero-order valence-electron chi connectivity index (χ0n) is 12.8. The molecule has 0 unspecified atom stereocenters. The molecule has 3 aromatic rings. The van der Waals surface area contributed by atoms with Gasteiger partial charge in [-0.15, -0.1) is 10.2 Å². The molecule has 122 valence electrons. The van der Waals surface area contributed by atoms with Gasteiger partial charge in [-0.3, -0.25) is 4.57 Å². The van der Waals surface area contributed by atoms with Gasteiger partial charge in [0.25, 0.3) is 0 Å². The summed E-state index contributed by atoms with van der Waals surface area (Å²) in [4.78, 5) is 0. The number of nitrogens with zero attached hydrogens (tertiary/aromatic N) is 3. The smallest absolute Gasteiger partial charge is 0.192 e. The molecule has 0 radical (unpaired) electrons. The lowest BCUT2D eigenvalue weighted by atomic mass is 10.2. The lowest BCUT2D eigenvalue weighted by Gasteiger charge is -2.09. The van der Waals surface area contributed by atoms with Gasteiger partial charge >= 0.3 is 0 Å². The first-order chi connectivity index (χ1) is 11.7. The Labute approximate surface area is 142 Å². The van der Waals surface area contributed by atoms with Crippen molar-refractivity contribution in [2.24, 2.45) is 0 Å². The van der Waals surface area contributed by atoms with E-state index in [9.17, 15) is 8.78 Å². The van der Waals surface area contributed by atoms with Crippen molar-refractivity contribution in [1.29, 1.82) is 0 Å². The van der Waals surface area contributed by atoms with Gasteiger partial charge in [0.1, 0.15) is 11.6 Å². The summed E-state index contributed by atoms with van der Waals surface area (Å²) in [6.45, 7) is 0. The van der Waals surface area contributed by atoms with E-state index in [0.717, 1.165) is 34.9 Å². The minimum absolute atomic E-state index is 0.233. The minimum atomic E-state index is -0.262. The molecule has 0 N–H and O–H groups in total. The Morgan fingerprint density at radius 1 is 0.917 bits per heavy atom. The molecule has 24 heavy (non-hydrogen) atoms. The molecule has 1 fully saturated rings. The van der Waals surface area contributed by atoms with Crippen LogP contribution in [0.5, 0.6) is 0 Å². The molecule has 0 aliphatic heterocycles.